The molecule has 182 valence electrons. The number of ether oxygens (including phenoxy) is 1. The zero-order valence-corrected chi connectivity index (χ0v) is 21.0. The van der Waals surface area contributed by atoms with Crippen molar-refractivity contribution in [3.63, 3.8) is 0 Å². The number of amides is 2. The van der Waals surface area contributed by atoms with Gasteiger partial charge < -0.3 is 15.4 Å². The Hall–Kier alpha value is -3.58. The Morgan fingerprint density at radius 2 is 1.51 bits per heavy atom. The summed E-state index contributed by atoms with van der Waals surface area (Å²) in [4.78, 5) is 38.0. The molecule has 3 rings (SSSR count). The van der Waals surface area contributed by atoms with Crippen LogP contribution in [-0.4, -0.2) is 29.6 Å². The monoisotopic (exact) mass is 490 g/mol. The first-order valence-corrected chi connectivity index (χ1v) is 12.5. The molecular formula is C28H30N2O4S. The average Bonchev–Trinajstić information content (AvgIpc) is 2.86. The Labute approximate surface area is 210 Å². The van der Waals surface area contributed by atoms with E-state index in [2.05, 4.69) is 10.6 Å². The molecule has 7 heteroatoms. The molecule has 2 amide bonds. The molecule has 3 aromatic rings. The lowest BCUT2D eigenvalue weighted by atomic mass is 10.1. The molecule has 0 saturated carbocycles. The number of benzene rings is 3. The topological polar surface area (TPSA) is 84.5 Å². The third kappa shape index (κ3) is 7.72. The second-order valence-electron chi connectivity index (χ2n) is 8.11. The van der Waals surface area contributed by atoms with Crippen LogP contribution in [0.1, 0.15) is 53.0 Å². The van der Waals surface area contributed by atoms with Gasteiger partial charge >= 0.3 is 5.97 Å². The van der Waals surface area contributed by atoms with E-state index in [4.69, 9.17) is 4.74 Å². The highest BCUT2D eigenvalue weighted by molar-refractivity contribution is 8.00. The second-order valence-corrected chi connectivity index (χ2v) is 9.52. The fourth-order valence-electron chi connectivity index (χ4n) is 3.23. The summed E-state index contributed by atoms with van der Waals surface area (Å²) in [5, 5.41) is 5.43. The van der Waals surface area contributed by atoms with Crippen LogP contribution in [0.4, 0.5) is 11.4 Å². The van der Waals surface area contributed by atoms with E-state index in [0.717, 1.165) is 23.3 Å². The minimum atomic E-state index is -0.362. The van der Waals surface area contributed by atoms with Crippen molar-refractivity contribution in [2.45, 2.75) is 43.8 Å². The molecule has 0 heterocycles. The Kier molecular flexibility index (Phi) is 9.49. The minimum Gasteiger partial charge on any atom is -0.462 e. The zero-order valence-electron chi connectivity index (χ0n) is 20.2. The van der Waals surface area contributed by atoms with Crippen LogP contribution < -0.4 is 10.6 Å². The lowest BCUT2D eigenvalue weighted by Crippen LogP contribution is -2.22. The lowest BCUT2D eigenvalue weighted by molar-refractivity contribution is -0.115. The average molecular weight is 491 g/mol. The van der Waals surface area contributed by atoms with Gasteiger partial charge in [-0.25, -0.2) is 4.79 Å². The summed E-state index contributed by atoms with van der Waals surface area (Å²) in [6.07, 6.45) is 1.79. The van der Waals surface area contributed by atoms with Gasteiger partial charge in [0.15, 0.2) is 0 Å². The summed E-state index contributed by atoms with van der Waals surface area (Å²) in [5.74, 6) is -0.666. The van der Waals surface area contributed by atoms with Crippen LogP contribution in [0.15, 0.2) is 77.7 Å². The SMILES string of the molecule is CCCCOC(=O)c1ccc(NC(=O)C(C)Sc2ccc(NC(=O)c3ccccc3C)cc2)cc1. The van der Waals surface area contributed by atoms with Gasteiger partial charge in [0, 0.05) is 21.8 Å². The molecule has 0 spiro atoms. The summed E-state index contributed by atoms with van der Waals surface area (Å²) in [6, 6.07) is 21.5. The van der Waals surface area contributed by atoms with Crippen LogP contribution >= 0.6 is 11.8 Å². The minimum absolute atomic E-state index is 0.148. The molecule has 6 nitrogen and oxygen atoms in total. The summed E-state index contributed by atoms with van der Waals surface area (Å²) >= 11 is 1.42. The first-order chi connectivity index (χ1) is 16.9. The smallest absolute Gasteiger partial charge is 0.338 e. The van der Waals surface area contributed by atoms with Crippen molar-refractivity contribution < 1.29 is 19.1 Å². The highest BCUT2D eigenvalue weighted by atomic mass is 32.2. The Morgan fingerprint density at radius 3 is 2.17 bits per heavy atom. The number of rotatable bonds is 10. The Bertz CT molecular complexity index is 1160. The van der Waals surface area contributed by atoms with Crippen LogP contribution in [-0.2, 0) is 9.53 Å². The number of hydrogen-bond donors (Lipinski definition) is 2. The van der Waals surface area contributed by atoms with Gasteiger partial charge in [-0.05, 0) is 80.4 Å². The van der Waals surface area contributed by atoms with E-state index in [1.54, 1.807) is 30.3 Å². The molecule has 1 atom stereocenters. The van der Waals surface area contributed by atoms with Crippen LogP contribution in [0.2, 0.25) is 0 Å². The van der Waals surface area contributed by atoms with Gasteiger partial charge in [-0.3, -0.25) is 9.59 Å². The fraction of sp³-hybridized carbons (Fsp3) is 0.250. The van der Waals surface area contributed by atoms with Crippen LogP contribution in [0, 0.1) is 6.92 Å². The number of nitrogens with one attached hydrogen (secondary N) is 2. The molecule has 2 N–H and O–H groups in total. The maximum Gasteiger partial charge on any atom is 0.338 e. The Balaban J connectivity index is 1.50. The number of aryl methyl sites for hydroxylation is 1. The van der Waals surface area contributed by atoms with E-state index in [1.807, 2.05) is 63.2 Å². The highest BCUT2D eigenvalue weighted by Gasteiger charge is 2.16. The molecule has 35 heavy (non-hydrogen) atoms. The van der Waals surface area contributed by atoms with Gasteiger partial charge in [-0.1, -0.05) is 31.5 Å². The molecule has 1 unspecified atom stereocenters. The van der Waals surface area contributed by atoms with E-state index in [9.17, 15) is 14.4 Å². The number of hydrogen-bond acceptors (Lipinski definition) is 5. The van der Waals surface area contributed by atoms with Gasteiger partial charge in [0.1, 0.15) is 0 Å². The van der Waals surface area contributed by atoms with Crippen molar-refractivity contribution in [1.82, 2.24) is 0 Å². The number of carbonyl (C=O) groups excluding carboxylic acids is 3. The van der Waals surface area contributed by atoms with Gasteiger partial charge in [-0.2, -0.15) is 0 Å². The number of esters is 1. The number of unbranched alkanes of at least 4 members (excludes halogenated alkanes) is 1. The molecule has 3 aromatic carbocycles. The van der Waals surface area contributed by atoms with Crippen LogP contribution in [0.25, 0.3) is 0 Å². The third-order valence-electron chi connectivity index (χ3n) is 5.30. The molecule has 0 aliphatic rings. The van der Waals surface area contributed by atoms with E-state index in [1.165, 1.54) is 11.8 Å². The molecule has 0 radical (unpaired) electrons. The molecule has 0 saturated heterocycles. The van der Waals surface area contributed by atoms with Gasteiger partial charge in [0.2, 0.25) is 5.91 Å². The predicted molar refractivity (Wildman–Crippen MR) is 141 cm³/mol. The molecule has 0 aliphatic carbocycles. The summed E-state index contributed by atoms with van der Waals surface area (Å²) in [7, 11) is 0. The van der Waals surface area contributed by atoms with Crippen LogP contribution in [0.3, 0.4) is 0 Å². The van der Waals surface area contributed by atoms with Gasteiger partial charge in [0.25, 0.3) is 5.91 Å². The number of thioether (sulfide) groups is 1. The van der Waals surface area contributed by atoms with E-state index >= 15 is 0 Å². The summed E-state index contributed by atoms with van der Waals surface area (Å²) < 4.78 is 5.20. The van der Waals surface area contributed by atoms with Crippen molar-refractivity contribution in [3.8, 4) is 0 Å². The van der Waals surface area contributed by atoms with Crippen molar-refractivity contribution in [3.05, 3.63) is 89.5 Å². The first kappa shape index (κ1) is 26.0. The Morgan fingerprint density at radius 1 is 0.886 bits per heavy atom. The highest BCUT2D eigenvalue weighted by Crippen LogP contribution is 2.26. The van der Waals surface area contributed by atoms with Crippen LogP contribution in [0.5, 0.6) is 0 Å². The molecular weight excluding hydrogens is 460 g/mol. The van der Waals surface area contributed by atoms with Crippen molar-refractivity contribution in [1.29, 1.82) is 0 Å². The van der Waals surface area contributed by atoms with Crippen molar-refractivity contribution in [2.75, 3.05) is 17.2 Å². The normalized spacial score (nSPS) is 11.4. The summed E-state index contributed by atoms with van der Waals surface area (Å²) in [5.41, 5.74) is 3.31. The lowest BCUT2D eigenvalue weighted by Gasteiger charge is -2.13. The van der Waals surface area contributed by atoms with Gasteiger partial charge in [0.05, 0.1) is 17.4 Å². The fourth-order valence-corrected chi connectivity index (χ4v) is 4.09. The van der Waals surface area contributed by atoms with E-state index in [-0.39, 0.29) is 23.0 Å². The van der Waals surface area contributed by atoms with E-state index < -0.39 is 0 Å². The molecule has 0 bridgehead atoms. The van der Waals surface area contributed by atoms with Gasteiger partial charge in [-0.15, -0.1) is 11.8 Å². The number of anilines is 2. The largest absolute Gasteiger partial charge is 0.462 e. The standard InChI is InChI=1S/C28H30N2O4S/c1-4-5-18-34-28(33)21-10-12-22(13-11-21)29-26(31)20(3)35-24-16-14-23(15-17-24)30-27(32)25-9-7-6-8-19(25)2/h6-17,20H,4-5,18H2,1-3H3,(H,29,31)(H,30,32). The maximum absolute atomic E-state index is 12.6. The molecule has 0 fully saturated rings. The molecule has 0 aliphatic heterocycles. The number of carbonyl (C=O) groups is 3. The summed E-state index contributed by atoms with van der Waals surface area (Å²) in [6.45, 7) is 6.17. The molecule has 0 aromatic heterocycles. The maximum atomic E-state index is 12.6. The second kappa shape index (κ2) is 12.8. The van der Waals surface area contributed by atoms with E-state index in [0.29, 0.717) is 29.1 Å². The quantitative estimate of drug-likeness (QED) is 0.197. The first-order valence-electron chi connectivity index (χ1n) is 11.6. The van der Waals surface area contributed by atoms with Crippen molar-refractivity contribution in [2.24, 2.45) is 0 Å². The van der Waals surface area contributed by atoms with Crippen molar-refractivity contribution >= 4 is 40.9 Å². The zero-order chi connectivity index (χ0) is 25.2. The predicted octanol–water partition coefficient (Wildman–Crippen LogP) is 6.32. The third-order valence-corrected chi connectivity index (χ3v) is 6.42.